The molecule has 2 amide bonds. The fourth-order valence-corrected chi connectivity index (χ4v) is 1.69. The van der Waals surface area contributed by atoms with Crippen LogP contribution in [0.3, 0.4) is 0 Å². The molecule has 6 heteroatoms. The number of aliphatic carboxylic acids is 1. The van der Waals surface area contributed by atoms with Crippen LogP contribution in [-0.4, -0.2) is 54.2 Å². The SMILES string of the molecule is CC(CNC(=O)NC(C)(C(=O)O)C1CC1)N(C)C. The second-order valence-corrected chi connectivity index (χ2v) is 5.43. The highest BCUT2D eigenvalue weighted by molar-refractivity contribution is 5.86. The lowest BCUT2D eigenvalue weighted by atomic mass is 9.96. The smallest absolute Gasteiger partial charge is 0.329 e. The van der Waals surface area contributed by atoms with Gasteiger partial charge in [0.25, 0.3) is 0 Å². The monoisotopic (exact) mass is 257 g/mol. The van der Waals surface area contributed by atoms with Crippen molar-refractivity contribution in [2.45, 2.75) is 38.3 Å². The topological polar surface area (TPSA) is 81.7 Å². The lowest BCUT2D eigenvalue weighted by Crippen LogP contribution is -2.57. The lowest BCUT2D eigenvalue weighted by Gasteiger charge is -2.27. The van der Waals surface area contributed by atoms with Crippen LogP contribution >= 0.6 is 0 Å². The summed E-state index contributed by atoms with van der Waals surface area (Å²) >= 11 is 0. The molecule has 1 rings (SSSR count). The van der Waals surface area contributed by atoms with Gasteiger partial charge in [0.15, 0.2) is 0 Å². The number of carboxylic acid groups (broad SMARTS) is 1. The molecule has 0 aromatic heterocycles. The van der Waals surface area contributed by atoms with Crippen LogP contribution in [0.4, 0.5) is 4.79 Å². The third-order valence-electron chi connectivity index (χ3n) is 3.65. The van der Waals surface area contributed by atoms with Crippen LogP contribution in [0, 0.1) is 5.92 Å². The molecule has 3 N–H and O–H groups in total. The Morgan fingerprint density at radius 1 is 1.44 bits per heavy atom. The van der Waals surface area contributed by atoms with E-state index in [1.807, 2.05) is 25.9 Å². The molecule has 0 heterocycles. The summed E-state index contributed by atoms with van der Waals surface area (Å²) in [5.41, 5.74) is -1.15. The molecule has 0 saturated heterocycles. The summed E-state index contributed by atoms with van der Waals surface area (Å²) in [5, 5.41) is 14.5. The standard InChI is InChI=1S/C12H23N3O3/c1-8(15(3)4)7-13-11(18)14-12(2,10(16)17)9-5-6-9/h8-9H,5-7H2,1-4H3,(H,16,17)(H2,13,14,18). The minimum Gasteiger partial charge on any atom is -0.480 e. The molecular formula is C12H23N3O3. The molecule has 0 spiro atoms. The van der Waals surface area contributed by atoms with Crippen molar-refractivity contribution in [3.8, 4) is 0 Å². The molecule has 2 unspecified atom stereocenters. The van der Waals surface area contributed by atoms with Crippen molar-refractivity contribution in [1.82, 2.24) is 15.5 Å². The van der Waals surface area contributed by atoms with Gasteiger partial charge >= 0.3 is 12.0 Å². The van der Waals surface area contributed by atoms with Crippen LogP contribution in [0.2, 0.25) is 0 Å². The molecule has 0 radical (unpaired) electrons. The Hall–Kier alpha value is -1.30. The van der Waals surface area contributed by atoms with E-state index in [1.54, 1.807) is 6.92 Å². The highest BCUT2D eigenvalue weighted by Crippen LogP contribution is 2.39. The van der Waals surface area contributed by atoms with Gasteiger partial charge in [0.05, 0.1) is 0 Å². The predicted octanol–water partition coefficient (Wildman–Crippen LogP) is 0.489. The van der Waals surface area contributed by atoms with Gasteiger partial charge in [-0.3, -0.25) is 0 Å². The normalized spacial score (nSPS) is 20.1. The minimum absolute atomic E-state index is 0.0482. The van der Waals surface area contributed by atoms with E-state index >= 15 is 0 Å². The summed E-state index contributed by atoms with van der Waals surface area (Å²) in [6.07, 6.45) is 1.72. The van der Waals surface area contributed by atoms with Crippen molar-refractivity contribution < 1.29 is 14.7 Å². The van der Waals surface area contributed by atoms with Crippen LogP contribution in [0.5, 0.6) is 0 Å². The van der Waals surface area contributed by atoms with E-state index in [1.165, 1.54) is 0 Å². The molecule has 0 bridgehead atoms. The van der Waals surface area contributed by atoms with Crippen LogP contribution in [0.25, 0.3) is 0 Å². The Morgan fingerprint density at radius 3 is 2.39 bits per heavy atom. The molecular weight excluding hydrogens is 234 g/mol. The zero-order chi connectivity index (χ0) is 13.9. The maximum absolute atomic E-state index is 11.7. The number of urea groups is 1. The molecule has 6 nitrogen and oxygen atoms in total. The average Bonchev–Trinajstić information content (AvgIpc) is 3.08. The summed E-state index contributed by atoms with van der Waals surface area (Å²) in [7, 11) is 3.85. The number of rotatable bonds is 6. The summed E-state index contributed by atoms with van der Waals surface area (Å²) in [6.45, 7) is 4.04. The van der Waals surface area contributed by atoms with Gasteiger partial charge in [-0.2, -0.15) is 0 Å². The number of amides is 2. The fraction of sp³-hybridized carbons (Fsp3) is 0.833. The number of hydrogen-bond acceptors (Lipinski definition) is 3. The number of nitrogens with zero attached hydrogens (tertiary/aromatic N) is 1. The molecule has 1 saturated carbocycles. The first-order valence-corrected chi connectivity index (χ1v) is 6.23. The summed E-state index contributed by atoms with van der Waals surface area (Å²) < 4.78 is 0. The van der Waals surface area contributed by atoms with E-state index in [4.69, 9.17) is 0 Å². The van der Waals surface area contributed by atoms with Crippen molar-refractivity contribution in [2.24, 2.45) is 5.92 Å². The third-order valence-corrected chi connectivity index (χ3v) is 3.65. The first kappa shape index (κ1) is 14.8. The van der Waals surface area contributed by atoms with Crippen LogP contribution in [-0.2, 0) is 4.79 Å². The Morgan fingerprint density at radius 2 is 2.00 bits per heavy atom. The van der Waals surface area contributed by atoms with E-state index in [-0.39, 0.29) is 12.0 Å². The number of carbonyl (C=O) groups is 2. The van der Waals surface area contributed by atoms with E-state index in [9.17, 15) is 14.7 Å². The Balaban J connectivity index is 2.45. The molecule has 1 aliphatic carbocycles. The van der Waals surface area contributed by atoms with Crippen molar-refractivity contribution in [1.29, 1.82) is 0 Å². The molecule has 18 heavy (non-hydrogen) atoms. The summed E-state index contributed by atoms with van der Waals surface area (Å²) in [6, 6.07) is -0.215. The van der Waals surface area contributed by atoms with Crippen molar-refractivity contribution in [3.63, 3.8) is 0 Å². The Labute approximate surface area is 108 Å². The highest BCUT2D eigenvalue weighted by atomic mass is 16.4. The summed E-state index contributed by atoms with van der Waals surface area (Å²) in [4.78, 5) is 24.9. The van der Waals surface area contributed by atoms with Gasteiger partial charge in [-0.15, -0.1) is 0 Å². The van der Waals surface area contributed by atoms with Gasteiger partial charge in [0.2, 0.25) is 0 Å². The molecule has 0 aliphatic heterocycles. The van der Waals surface area contributed by atoms with Gasteiger partial charge in [0, 0.05) is 12.6 Å². The Bertz CT molecular complexity index is 329. The van der Waals surface area contributed by atoms with Gasteiger partial charge in [-0.1, -0.05) is 0 Å². The first-order chi connectivity index (χ1) is 8.27. The maximum atomic E-state index is 11.7. The fourth-order valence-electron chi connectivity index (χ4n) is 1.69. The third kappa shape index (κ3) is 3.60. The van der Waals surface area contributed by atoms with Crippen molar-refractivity contribution in [2.75, 3.05) is 20.6 Å². The van der Waals surface area contributed by atoms with Crippen molar-refractivity contribution in [3.05, 3.63) is 0 Å². The molecule has 1 aliphatic rings. The first-order valence-electron chi connectivity index (χ1n) is 6.23. The van der Waals surface area contributed by atoms with Crippen LogP contribution in [0.1, 0.15) is 26.7 Å². The highest BCUT2D eigenvalue weighted by Gasteiger charge is 2.48. The van der Waals surface area contributed by atoms with E-state index in [0.29, 0.717) is 6.54 Å². The van der Waals surface area contributed by atoms with E-state index in [0.717, 1.165) is 12.8 Å². The molecule has 104 valence electrons. The number of carbonyl (C=O) groups excluding carboxylic acids is 1. The van der Waals surface area contributed by atoms with Gasteiger partial charge < -0.3 is 20.6 Å². The predicted molar refractivity (Wildman–Crippen MR) is 68.4 cm³/mol. The van der Waals surface area contributed by atoms with Crippen LogP contribution in [0.15, 0.2) is 0 Å². The maximum Gasteiger partial charge on any atom is 0.329 e. The van der Waals surface area contributed by atoms with Gasteiger partial charge in [0.1, 0.15) is 5.54 Å². The number of carboxylic acids is 1. The van der Waals surface area contributed by atoms with E-state index in [2.05, 4.69) is 10.6 Å². The molecule has 2 atom stereocenters. The minimum atomic E-state index is -1.15. The van der Waals surface area contributed by atoms with E-state index < -0.39 is 17.5 Å². The number of nitrogens with one attached hydrogen (secondary N) is 2. The molecule has 1 fully saturated rings. The zero-order valence-electron chi connectivity index (χ0n) is 11.5. The molecule has 0 aromatic carbocycles. The Kier molecular flexibility index (Phi) is 4.56. The van der Waals surface area contributed by atoms with Gasteiger partial charge in [-0.05, 0) is 46.7 Å². The zero-order valence-corrected chi connectivity index (χ0v) is 11.5. The largest absolute Gasteiger partial charge is 0.480 e. The summed E-state index contributed by atoms with van der Waals surface area (Å²) in [5.74, 6) is -0.923. The van der Waals surface area contributed by atoms with Crippen LogP contribution < -0.4 is 10.6 Å². The molecule has 0 aromatic rings. The second-order valence-electron chi connectivity index (χ2n) is 5.43. The van der Waals surface area contributed by atoms with Gasteiger partial charge in [-0.25, -0.2) is 9.59 Å². The van der Waals surface area contributed by atoms with Crippen molar-refractivity contribution >= 4 is 12.0 Å². The average molecular weight is 257 g/mol. The number of hydrogen-bond donors (Lipinski definition) is 3. The number of likely N-dealkylation sites (N-methyl/N-ethyl adjacent to an activating group) is 1. The lowest BCUT2D eigenvalue weighted by molar-refractivity contribution is -0.144. The quantitative estimate of drug-likeness (QED) is 0.647. The second kappa shape index (κ2) is 5.56.